The zero-order valence-electron chi connectivity index (χ0n) is 21.1. The predicted molar refractivity (Wildman–Crippen MR) is 131 cm³/mol. The molecule has 0 atom stereocenters. The lowest BCUT2D eigenvalue weighted by molar-refractivity contribution is -0.152. The summed E-state index contributed by atoms with van der Waals surface area (Å²) >= 11 is 0. The van der Waals surface area contributed by atoms with E-state index in [0.717, 1.165) is 0 Å². The van der Waals surface area contributed by atoms with Gasteiger partial charge < -0.3 is 14.2 Å². The molecule has 0 aromatic heterocycles. The minimum atomic E-state index is -1.10. The van der Waals surface area contributed by atoms with Crippen LogP contribution in [0.15, 0.2) is 48.5 Å². The number of anilines is 2. The fraction of sp³-hybridized carbons (Fsp3) is 0.423. The number of hydrogen-bond acceptors (Lipinski definition) is 6. The summed E-state index contributed by atoms with van der Waals surface area (Å²) < 4.78 is 16.3. The van der Waals surface area contributed by atoms with Gasteiger partial charge in [0.1, 0.15) is 11.2 Å². The van der Waals surface area contributed by atoms with Crippen LogP contribution in [0.4, 0.5) is 21.0 Å². The van der Waals surface area contributed by atoms with Crippen LogP contribution in [0, 0.1) is 0 Å². The van der Waals surface area contributed by atoms with E-state index in [1.807, 2.05) is 0 Å². The van der Waals surface area contributed by atoms with E-state index in [9.17, 15) is 14.4 Å². The van der Waals surface area contributed by atoms with Gasteiger partial charge in [-0.1, -0.05) is 24.3 Å². The first-order valence-corrected chi connectivity index (χ1v) is 11.0. The fourth-order valence-electron chi connectivity index (χ4n) is 3.16. The van der Waals surface area contributed by atoms with Gasteiger partial charge in [0.2, 0.25) is 0 Å². The van der Waals surface area contributed by atoms with Gasteiger partial charge >= 0.3 is 18.2 Å². The molecule has 2 N–H and O–H groups in total. The van der Waals surface area contributed by atoms with Gasteiger partial charge in [0, 0.05) is 18.3 Å². The van der Waals surface area contributed by atoms with E-state index in [2.05, 4.69) is 10.6 Å². The van der Waals surface area contributed by atoms with E-state index < -0.39 is 35.0 Å². The molecule has 0 fully saturated rings. The first kappa shape index (κ1) is 26.7. The number of esters is 1. The van der Waals surface area contributed by atoms with Crippen molar-refractivity contribution in [2.45, 2.75) is 72.2 Å². The van der Waals surface area contributed by atoms with Gasteiger partial charge in [-0.2, -0.15) is 0 Å². The highest BCUT2D eigenvalue weighted by Crippen LogP contribution is 2.35. The van der Waals surface area contributed by atoms with Crippen molar-refractivity contribution in [1.29, 1.82) is 0 Å². The molecule has 8 nitrogen and oxygen atoms in total. The zero-order valence-corrected chi connectivity index (χ0v) is 21.1. The van der Waals surface area contributed by atoms with Crippen LogP contribution >= 0.6 is 0 Å². The lowest BCUT2D eigenvalue weighted by Gasteiger charge is -2.30. The molecule has 2 rings (SSSR count). The van der Waals surface area contributed by atoms with Gasteiger partial charge in [-0.05, 0) is 83.9 Å². The van der Waals surface area contributed by atoms with Gasteiger partial charge in [-0.3, -0.25) is 15.4 Å². The summed E-state index contributed by atoms with van der Waals surface area (Å²) in [5.74, 6) is -0.450. The molecule has 2 aromatic carbocycles. The van der Waals surface area contributed by atoms with Crippen LogP contribution in [0.25, 0.3) is 0 Å². The summed E-state index contributed by atoms with van der Waals surface area (Å²) in [5.41, 5.74) is 0.168. The Kier molecular flexibility index (Phi) is 7.97. The number of carbonyl (C=O) groups excluding carboxylic acids is 3. The molecular formula is C26H34N2O6. The number of rotatable bonds is 5. The smallest absolute Gasteiger partial charge is 0.412 e. The Morgan fingerprint density at radius 3 is 1.18 bits per heavy atom. The summed E-state index contributed by atoms with van der Waals surface area (Å²) in [6.07, 6.45) is -1.12. The normalized spacial score (nSPS) is 11.9. The third-order valence-corrected chi connectivity index (χ3v) is 4.51. The Labute approximate surface area is 201 Å². The van der Waals surface area contributed by atoms with E-state index in [0.29, 0.717) is 22.5 Å². The van der Waals surface area contributed by atoms with Crippen LogP contribution in [-0.2, 0) is 24.6 Å². The van der Waals surface area contributed by atoms with Crippen LogP contribution in [-0.4, -0.2) is 29.4 Å². The third-order valence-electron chi connectivity index (χ3n) is 4.51. The van der Waals surface area contributed by atoms with E-state index in [1.165, 1.54) is 6.92 Å². The average Bonchev–Trinajstić information content (AvgIpc) is 2.65. The molecule has 0 aliphatic heterocycles. The molecule has 0 saturated heterocycles. The second kappa shape index (κ2) is 10.2. The molecule has 0 aliphatic rings. The van der Waals surface area contributed by atoms with Crippen molar-refractivity contribution in [2.75, 3.05) is 10.6 Å². The summed E-state index contributed by atoms with van der Waals surface area (Å²) in [4.78, 5) is 36.0. The largest absolute Gasteiger partial charge is 0.450 e. The number of amides is 2. The summed E-state index contributed by atoms with van der Waals surface area (Å²) in [7, 11) is 0. The molecule has 0 aliphatic carbocycles. The topological polar surface area (TPSA) is 103 Å². The van der Waals surface area contributed by atoms with E-state index in [1.54, 1.807) is 97.0 Å². The molecule has 2 amide bonds. The van der Waals surface area contributed by atoms with Crippen molar-refractivity contribution in [3.63, 3.8) is 0 Å². The lowest BCUT2D eigenvalue weighted by atomic mass is 9.87. The van der Waals surface area contributed by atoms with Gasteiger partial charge in [0.15, 0.2) is 5.60 Å². The second-order valence-electron chi connectivity index (χ2n) is 10.0. The lowest BCUT2D eigenvalue weighted by Crippen LogP contribution is -2.30. The molecule has 2 aromatic rings. The maximum atomic E-state index is 12.0. The average molecular weight is 471 g/mol. The van der Waals surface area contributed by atoms with Crippen molar-refractivity contribution >= 4 is 29.5 Å². The van der Waals surface area contributed by atoms with Gasteiger partial charge in [0.25, 0.3) is 0 Å². The molecule has 0 saturated carbocycles. The number of benzene rings is 2. The van der Waals surface area contributed by atoms with Crippen LogP contribution < -0.4 is 10.6 Å². The highest BCUT2D eigenvalue weighted by atomic mass is 16.6. The first-order chi connectivity index (χ1) is 15.6. The Morgan fingerprint density at radius 2 is 0.912 bits per heavy atom. The molecule has 0 unspecified atom stereocenters. The van der Waals surface area contributed by atoms with Crippen molar-refractivity contribution in [3.05, 3.63) is 59.7 Å². The highest BCUT2D eigenvalue weighted by Gasteiger charge is 2.32. The van der Waals surface area contributed by atoms with Gasteiger partial charge in [-0.25, -0.2) is 9.59 Å². The SMILES string of the molecule is CC(=O)OC(C)(c1ccc(NC(=O)OC(C)(C)C)cc1)c1ccc(NC(=O)OC(C)(C)C)cc1. The van der Waals surface area contributed by atoms with Crippen LogP contribution in [0.5, 0.6) is 0 Å². The van der Waals surface area contributed by atoms with E-state index >= 15 is 0 Å². The molecule has 0 radical (unpaired) electrons. The molecular weight excluding hydrogens is 436 g/mol. The number of carbonyl (C=O) groups is 3. The Bertz CT molecular complexity index is 942. The Morgan fingerprint density at radius 1 is 0.588 bits per heavy atom. The molecule has 8 heteroatoms. The first-order valence-electron chi connectivity index (χ1n) is 11.0. The monoisotopic (exact) mass is 470 g/mol. The van der Waals surface area contributed by atoms with E-state index in [-0.39, 0.29) is 0 Å². The van der Waals surface area contributed by atoms with Crippen molar-refractivity contribution < 1.29 is 28.6 Å². The molecule has 184 valence electrons. The summed E-state index contributed by atoms with van der Waals surface area (Å²) in [6.45, 7) is 13.8. The maximum Gasteiger partial charge on any atom is 0.412 e. The van der Waals surface area contributed by atoms with Gasteiger partial charge in [0.05, 0.1) is 0 Å². The number of nitrogens with one attached hydrogen (secondary N) is 2. The van der Waals surface area contributed by atoms with E-state index in [4.69, 9.17) is 14.2 Å². The van der Waals surface area contributed by atoms with Gasteiger partial charge in [-0.15, -0.1) is 0 Å². The Balaban J connectivity index is 2.24. The zero-order chi connectivity index (χ0) is 25.7. The number of ether oxygens (including phenoxy) is 3. The molecule has 0 heterocycles. The van der Waals surface area contributed by atoms with Crippen molar-refractivity contribution in [1.82, 2.24) is 0 Å². The molecule has 0 bridgehead atoms. The molecule has 0 spiro atoms. The van der Waals surface area contributed by atoms with Crippen molar-refractivity contribution in [3.8, 4) is 0 Å². The minimum Gasteiger partial charge on any atom is -0.450 e. The highest BCUT2D eigenvalue weighted by molar-refractivity contribution is 5.85. The van der Waals surface area contributed by atoms with Crippen LogP contribution in [0.1, 0.15) is 66.5 Å². The van der Waals surface area contributed by atoms with Crippen molar-refractivity contribution in [2.24, 2.45) is 0 Å². The predicted octanol–water partition coefficient (Wildman–Crippen LogP) is 6.21. The standard InChI is InChI=1S/C26H34N2O6/c1-17(29)32-26(8,18-9-13-20(14-10-18)27-22(30)33-24(2,3)4)19-11-15-21(16-12-19)28-23(31)34-25(5,6)7/h9-16H,1-8H3,(H,27,30)(H,28,31). The summed E-state index contributed by atoms with van der Waals surface area (Å²) in [5, 5.41) is 5.36. The maximum absolute atomic E-state index is 12.0. The van der Waals surface area contributed by atoms with Crippen LogP contribution in [0.2, 0.25) is 0 Å². The minimum absolute atomic E-state index is 0.450. The second-order valence-corrected chi connectivity index (χ2v) is 10.0. The Hall–Kier alpha value is -3.55. The summed E-state index contributed by atoms with van der Waals surface area (Å²) in [6, 6.07) is 13.9. The molecule has 34 heavy (non-hydrogen) atoms. The quantitative estimate of drug-likeness (QED) is 0.398. The third kappa shape index (κ3) is 8.10. The fourth-order valence-corrected chi connectivity index (χ4v) is 3.16. The van der Waals surface area contributed by atoms with Crippen LogP contribution in [0.3, 0.4) is 0 Å². The number of hydrogen-bond donors (Lipinski definition) is 2.